The third-order valence-electron chi connectivity index (χ3n) is 4.42. The Balaban J connectivity index is 1.91. The Morgan fingerprint density at radius 2 is 1.84 bits per heavy atom. The molecule has 0 heterocycles. The molecule has 1 fully saturated rings. The molecule has 1 aromatic carbocycles. The summed E-state index contributed by atoms with van der Waals surface area (Å²) < 4.78 is 11.0. The monoisotopic (exact) mass is 348 g/mol. The average molecular weight is 348 g/mol. The van der Waals surface area contributed by atoms with Gasteiger partial charge in [-0.1, -0.05) is 13.3 Å². The van der Waals surface area contributed by atoms with E-state index in [1.165, 1.54) is 0 Å². The van der Waals surface area contributed by atoms with Crippen LogP contribution in [0.25, 0.3) is 0 Å². The molecule has 6 nitrogen and oxygen atoms in total. The van der Waals surface area contributed by atoms with Crippen LogP contribution in [0.1, 0.15) is 50.4 Å². The molecule has 2 N–H and O–H groups in total. The molecular weight excluding hydrogens is 320 g/mol. The van der Waals surface area contributed by atoms with Crippen molar-refractivity contribution in [2.24, 2.45) is 5.92 Å². The van der Waals surface area contributed by atoms with Gasteiger partial charge in [0.2, 0.25) is 5.91 Å². The van der Waals surface area contributed by atoms with Gasteiger partial charge in [-0.2, -0.15) is 0 Å². The van der Waals surface area contributed by atoms with Gasteiger partial charge in [-0.3, -0.25) is 9.59 Å². The maximum Gasteiger partial charge on any atom is 0.251 e. The number of ether oxygens (including phenoxy) is 2. The van der Waals surface area contributed by atoms with E-state index in [1.807, 2.05) is 13.8 Å². The number of amides is 2. The lowest BCUT2D eigenvalue weighted by molar-refractivity contribution is -0.121. The SMILES string of the molecule is CCOc1ccc(C(=O)NCC(=O)NC2CCCC2C)cc1OCC. The fourth-order valence-corrected chi connectivity index (χ4v) is 3.07. The van der Waals surface area contributed by atoms with E-state index in [4.69, 9.17) is 9.47 Å². The van der Waals surface area contributed by atoms with Crippen molar-refractivity contribution in [3.05, 3.63) is 23.8 Å². The second-order valence-corrected chi connectivity index (χ2v) is 6.29. The van der Waals surface area contributed by atoms with Gasteiger partial charge in [-0.15, -0.1) is 0 Å². The molecule has 1 aromatic rings. The van der Waals surface area contributed by atoms with Crippen molar-refractivity contribution in [2.75, 3.05) is 19.8 Å². The van der Waals surface area contributed by atoms with E-state index in [0.29, 0.717) is 36.2 Å². The lowest BCUT2D eigenvalue weighted by Crippen LogP contribution is -2.42. The molecule has 2 rings (SSSR count). The maximum atomic E-state index is 12.3. The lowest BCUT2D eigenvalue weighted by atomic mass is 10.1. The smallest absolute Gasteiger partial charge is 0.251 e. The maximum absolute atomic E-state index is 12.3. The second-order valence-electron chi connectivity index (χ2n) is 6.29. The first-order valence-electron chi connectivity index (χ1n) is 9.02. The van der Waals surface area contributed by atoms with Gasteiger partial charge in [0.1, 0.15) is 0 Å². The Labute approximate surface area is 149 Å². The van der Waals surface area contributed by atoms with Crippen molar-refractivity contribution in [1.82, 2.24) is 10.6 Å². The third-order valence-corrected chi connectivity index (χ3v) is 4.42. The Kier molecular flexibility index (Phi) is 7.10. The number of benzene rings is 1. The van der Waals surface area contributed by atoms with Gasteiger partial charge in [0, 0.05) is 11.6 Å². The first-order chi connectivity index (χ1) is 12.0. The highest BCUT2D eigenvalue weighted by Crippen LogP contribution is 2.28. The molecule has 138 valence electrons. The molecule has 1 aliphatic rings. The quantitative estimate of drug-likeness (QED) is 0.757. The summed E-state index contributed by atoms with van der Waals surface area (Å²) in [6.45, 7) is 6.88. The Morgan fingerprint density at radius 1 is 1.12 bits per heavy atom. The van der Waals surface area contributed by atoms with Gasteiger partial charge < -0.3 is 20.1 Å². The molecule has 0 spiro atoms. The number of nitrogens with one attached hydrogen (secondary N) is 2. The lowest BCUT2D eigenvalue weighted by Gasteiger charge is -2.17. The van der Waals surface area contributed by atoms with Gasteiger partial charge >= 0.3 is 0 Å². The van der Waals surface area contributed by atoms with Gasteiger partial charge in [0.25, 0.3) is 5.91 Å². The molecule has 0 aromatic heterocycles. The standard InChI is InChI=1S/C19H28N2O4/c1-4-24-16-10-9-14(11-17(16)25-5-2)19(23)20-12-18(22)21-15-8-6-7-13(15)3/h9-11,13,15H,4-8,12H2,1-3H3,(H,20,23)(H,21,22). The van der Waals surface area contributed by atoms with Crippen LogP contribution in [0.3, 0.4) is 0 Å². The zero-order valence-electron chi connectivity index (χ0n) is 15.3. The Hall–Kier alpha value is -2.24. The van der Waals surface area contributed by atoms with Crippen molar-refractivity contribution in [3.8, 4) is 11.5 Å². The molecule has 1 saturated carbocycles. The van der Waals surface area contributed by atoms with E-state index in [9.17, 15) is 9.59 Å². The van der Waals surface area contributed by atoms with Crippen molar-refractivity contribution in [3.63, 3.8) is 0 Å². The molecule has 0 saturated heterocycles. The van der Waals surface area contributed by atoms with E-state index in [1.54, 1.807) is 18.2 Å². The highest BCUT2D eigenvalue weighted by molar-refractivity contribution is 5.97. The molecule has 6 heteroatoms. The summed E-state index contributed by atoms with van der Waals surface area (Å²) >= 11 is 0. The molecule has 2 unspecified atom stereocenters. The van der Waals surface area contributed by atoms with Crippen LogP contribution in [0.5, 0.6) is 11.5 Å². The summed E-state index contributed by atoms with van der Waals surface area (Å²) in [5.74, 6) is 1.18. The van der Waals surface area contributed by atoms with E-state index >= 15 is 0 Å². The van der Waals surface area contributed by atoms with E-state index < -0.39 is 0 Å². The first kappa shape index (κ1) is 19.1. The highest BCUT2D eigenvalue weighted by atomic mass is 16.5. The van der Waals surface area contributed by atoms with E-state index in [0.717, 1.165) is 19.3 Å². The minimum Gasteiger partial charge on any atom is -0.490 e. The van der Waals surface area contributed by atoms with E-state index in [-0.39, 0.29) is 24.4 Å². The molecular formula is C19H28N2O4. The number of hydrogen-bond acceptors (Lipinski definition) is 4. The van der Waals surface area contributed by atoms with Gasteiger partial charge in [-0.05, 0) is 50.8 Å². The predicted molar refractivity (Wildman–Crippen MR) is 96.1 cm³/mol. The topological polar surface area (TPSA) is 76.7 Å². The Bertz CT molecular complexity index is 603. The molecule has 25 heavy (non-hydrogen) atoms. The number of rotatable bonds is 8. The fourth-order valence-electron chi connectivity index (χ4n) is 3.07. The number of carbonyl (C=O) groups excluding carboxylic acids is 2. The zero-order chi connectivity index (χ0) is 18.2. The van der Waals surface area contributed by atoms with Crippen molar-refractivity contribution in [2.45, 2.75) is 46.1 Å². The Morgan fingerprint density at radius 3 is 2.48 bits per heavy atom. The predicted octanol–water partition coefficient (Wildman–Crippen LogP) is 2.52. The van der Waals surface area contributed by atoms with E-state index in [2.05, 4.69) is 17.6 Å². The largest absolute Gasteiger partial charge is 0.490 e. The molecule has 2 amide bonds. The normalized spacial score (nSPS) is 19.3. The van der Waals surface area contributed by atoms with Crippen LogP contribution in [0.4, 0.5) is 0 Å². The second kappa shape index (κ2) is 9.30. The zero-order valence-corrected chi connectivity index (χ0v) is 15.3. The summed E-state index contributed by atoms with van der Waals surface area (Å²) in [6, 6.07) is 5.24. The number of hydrogen-bond donors (Lipinski definition) is 2. The van der Waals surface area contributed by atoms with Gasteiger partial charge in [-0.25, -0.2) is 0 Å². The molecule has 2 atom stereocenters. The summed E-state index contributed by atoms with van der Waals surface area (Å²) in [7, 11) is 0. The summed E-state index contributed by atoms with van der Waals surface area (Å²) in [6.07, 6.45) is 3.30. The third kappa shape index (κ3) is 5.37. The molecule has 1 aliphatic carbocycles. The van der Waals surface area contributed by atoms with Crippen LogP contribution in [-0.2, 0) is 4.79 Å². The minimum atomic E-state index is -0.307. The number of carbonyl (C=O) groups is 2. The molecule has 0 aliphatic heterocycles. The summed E-state index contributed by atoms with van der Waals surface area (Å²) in [5.41, 5.74) is 0.439. The van der Waals surface area contributed by atoms with Crippen molar-refractivity contribution < 1.29 is 19.1 Å². The van der Waals surface area contributed by atoms with Crippen LogP contribution in [0.2, 0.25) is 0 Å². The minimum absolute atomic E-state index is 0.0285. The van der Waals surface area contributed by atoms with Crippen molar-refractivity contribution >= 4 is 11.8 Å². The van der Waals surface area contributed by atoms with Crippen LogP contribution < -0.4 is 20.1 Å². The average Bonchev–Trinajstić information content (AvgIpc) is 2.99. The first-order valence-corrected chi connectivity index (χ1v) is 9.02. The van der Waals surface area contributed by atoms with Crippen LogP contribution in [0.15, 0.2) is 18.2 Å². The summed E-state index contributed by atoms with van der Waals surface area (Å²) in [5, 5.41) is 5.66. The summed E-state index contributed by atoms with van der Waals surface area (Å²) in [4.78, 5) is 24.3. The van der Waals surface area contributed by atoms with Crippen LogP contribution in [-0.4, -0.2) is 37.6 Å². The van der Waals surface area contributed by atoms with Crippen LogP contribution in [0, 0.1) is 5.92 Å². The molecule has 0 bridgehead atoms. The molecule has 0 radical (unpaired) electrons. The fraction of sp³-hybridized carbons (Fsp3) is 0.579. The van der Waals surface area contributed by atoms with Gasteiger partial charge in [0.05, 0.1) is 19.8 Å². The highest BCUT2D eigenvalue weighted by Gasteiger charge is 2.24. The van der Waals surface area contributed by atoms with Crippen LogP contribution >= 0.6 is 0 Å². The van der Waals surface area contributed by atoms with Crippen molar-refractivity contribution in [1.29, 1.82) is 0 Å². The van der Waals surface area contributed by atoms with Gasteiger partial charge in [0.15, 0.2) is 11.5 Å².